The van der Waals surface area contributed by atoms with Crippen LogP contribution in [0.15, 0.2) is 42.5 Å². The lowest BCUT2D eigenvalue weighted by molar-refractivity contribution is -0.120. The third kappa shape index (κ3) is 4.11. The van der Waals surface area contributed by atoms with Crippen LogP contribution in [0.4, 0.5) is 15.8 Å². The van der Waals surface area contributed by atoms with Gasteiger partial charge in [-0.05, 0) is 31.2 Å². The molecule has 2 aromatic rings. The standard InChI is InChI=1S/C19H20Cl2FN3O/c1-13(19(26)23-16-7-4-5-14(20)18(16)21)24-9-11-25(12-10-24)17-8-3-2-6-15(17)22/h2-8,13H,9-12H2,1H3,(H,23,26)/t13-/m0/s1. The van der Waals surface area contributed by atoms with Crippen molar-refractivity contribution >= 4 is 40.5 Å². The van der Waals surface area contributed by atoms with E-state index in [0.29, 0.717) is 47.6 Å². The van der Waals surface area contributed by atoms with Crippen molar-refractivity contribution in [2.24, 2.45) is 0 Å². The third-order valence-electron chi connectivity index (χ3n) is 4.64. The van der Waals surface area contributed by atoms with Gasteiger partial charge < -0.3 is 10.2 Å². The maximum absolute atomic E-state index is 13.9. The van der Waals surface area contributed by atoms with Crippen LogP contribution in [0.2, 0.25) is 10.0 Å². The molecule has 2 aromatic carbocycles. The molecule has 1 heterocycles. The van der Waals surface area contributed by atoms with Crippen LogP contribution in [0, 0.1) is 5.82 Å². The van der Waals surface area contributed by atoms with Gasteiger partial charge in [0.2, 0.25) is 5.91 Å². The number of para-hydroxylation sites is 1. The van der Waals surface area contributed by atoms with E-state index in [1.165, 1.54) is 6.07 Å². The maximum Gasteiger partial charge on any atom is 0.241 e. The predicted molar refractivity (Wildman–Crippen MR) is 105 cm³/mol. The highest BCUT2D eigenvalue weighted by molar-refractivity contribution is 6.44. The third-order valence-corrected chi connectivity index (χ3v) is 5.46. The number of carbonyl (C=O) groups excluding carboxylic acids is 1. The smallest absolute Gasteiger partial charge is 0.241 e. The summed E-state index contributed by atoms with van der Waals surface area (Å²) in [6.45, 7) is 4.53. The lowest BCUT2D eigenvalue weighted by atomic mass is 10.2. The number of hydrogen-bond acceptors (Lipinski definition) is 3. The summed E-state index contributed by atoms with van der Waals surface area (Å²) in [5.41, 5.74) is 1.11. The summed E-state index contributed by atoms with van der Waals surface area (Å²) in [5.74, 6) is -0.365. The molecule has 0 aromatic heterocycles. The second-order valence-corrected chi connectivity index (χ2v) is 7.03. The van der Waals surface area contributed by atoms with Crippen LogP contribution in [0.1, 0.15) is 6.92 Å². The number of hydrogen-bond donors (Lipinski definition) is 1. The highest BCUT2D eigenvalue weighted by Gasteiger charge is 2.27. The van der Waals surface area contributed by atoms with Gasteiger partial charge in [-0.1, -0.05) is 41.4 Å². The molecule has 1 saturated heterocycles. The second kappa shape index (κ2) is 8.25. The highest BCUT2D eigenvalue weighted by atomic mass is 35.5. The molecule has 1 N–H and O–H groups in total. The average Bonchev–Trinajstić information content (AvgIpc) is 2.65. The summed E-state index contributed by atoms with van der Waals surface area (Å²) < 4.78 is 13.9. The minimum atomic E-state index is -0.326. The van der Waals surface area contributed by atoms with Crippen LogP contribution in [-0.4, -0.2) is 43.0 Å². The monoisotopic (exact) mass is 395 g/mol. The summed E-state index contributed by atoms with van der Waals surface area (Å²) >= 11 is 12.1. The molecule has 26 heavy (non-hydrogen) atoms. The van der Waals surface area contributed by atoms with Crippen LogP contribution in [0.3, 0.4) is 0 Å². The Bertz CT molecular complexity index is 794. The molecule has 4 nitrogen and oxygen atoms in total. The molecule has 1 aliphatic heterocycles. The van der Waals surface area contributed by atoms with Crippen LogP contribution < -0.4 is 10.2 Å². The number of benzene rings is 2. The fourth-order valence-corrected chi connectivity index (χ4v) is 3.41. The predicted octanol–water partition coefficient (Wildman–Crippen LogP) is 4.28. The molecule has 138 valence electrons. The van der Waals surface area contributed by atoms with Gasteiger partial charge in [0.05, 0.1) is 27.5 Å². The normalized spacial score (nSPS) is 16.4. The van der Waals surface area contributed by atoms with Gasteiger partial charge in [0.25, 0.3) is 0 Å². The number of piperazine rings is 1. The van der Waals surface area contributed by atoms with Gasteiger partial charge >= 0.3 is 0 Å². The summed E-state index contributed by atoms with van der Waals surface area (Å²) in [7, 11) is 0. The van der Waals surface area contributed by atoms with Crippen molar-refractivity contribution < 1.29 is 9.18 Å². The fraction of sp³-hybridized carbons (Fsp3) is 0.316. The van der Waals surface area contributed by atoms with Crippen molar-refractivity contribution in [3.05, 3.63) is 58.3 Å². The Balaban J connectivity index is 1.59. The first-order valence-electron chi connectivity index (χ1n) is 8.46. The molecular formula is C19H20Cl2FN3O. The van der Waals surface area contributed by atoms with Crippen molar-refractivity contribution in [3.63, 3.8) is 0 Å². The summed E-state index contributed by atoms with van der Waals surface area (Å²) in [4.78, 5) is 16.6. The second-order valence-electron chi connectivity index (χ2n) is 6.24. The maximum atomic E-state index is 13.9. The van der Waals surface area contributed by atoms with Crippen molar-refractivity contribution in [3.8, 4) is 0 Å². The lowest BCUT2D eigenvalue weighted by Crippen LogP contribution is -2.53. The zero-order chi connectivity index (χ0) is 18.7. The molecule has 0 aliphatic carbocycles. The van der Waals surface area contributed by atoms with E-state index in [-0.39, 0.29) is 17.8 Å². The molecule has 1 aliphatic rings. The van der Waals surface area contributed by atoms with Gasteiger partial charge in [-0.3, -0.25) is 9.69 Å². The lowest BCUT2D eigenvalue weighted by Gasteiger charge is -2.38. The number of amides is 1. The molecular weight excluding hydrogens is 376 g/mol. The van der Waals surface area contributed by atoms with Crippen molar-refractivity contribution in [1.29, 1.82) is 0 Å². The van der Waals surface area contributed by atoms with Gasteiger partial charge in [-0.25, -0.2) is 4.39 Å². The molecule has 7 heteroatoms. The minimum absolute atomic E-state index is 0.145. The Kier molecular flexibility index (Phi) is 6.01. The van der Waals surface area contributed by atoms with E-state index >= 15 is 0 Å². The number of nitrogens with one attached hydrogen (secondary N) is 1. The highest BCUT2D eigenvalue weighted by Crippen LogP contribution is 2.29. The van der Waals surface area contributed by atoms with Crippen molar-refractivity contribution in [2.75, 3.05) is 36.4 Å². The first-order chi connectivity index (χ1) is 12.5. The molecule has 0 bridgehead atoms. The summed E-state index contributed by atoms with van der Waals surface area (Å²) in [6.07, 6.45) is 0. The topological polar surface area (TPSA) is 35.6 Å². The first kappa shape index (κ1) is 19.0. The number of rotatable bonds is 4. The van der Waals surface area contributed by atoms with Crippen molar-refractivity contribution in [2.45, 2.75) is 13.0 Å². The van der Waals surface area contributed by atoms with E-state index in [2.05, 4.69) is 10.2 Å². The van der Waals surface area contributed by atoms with Crippen LogP contribution in [0.25, 0.3) is 0 Å². The number of anilines is 2. The molecule has 1 atom stereocenters. The van der Waals surface area contributed by atoms with E-state index in [4.69, 9.17) is 23.2 Å². The average molecular weight is 396 g/mol. The molecule has 1 amide bonds. The summed E-state index contributed by atoms with van der Waals surface area (Å²) in [5, 5.41) is 3.56. The Hall–Kier alpha value is -1.82. The number of carbonyl (C=O) groups is 1. The van der Waals surface area contributed by atoms with Gasteiger partial charge in [-0.2, -0.15) is 0 Å². The molecule has 0 unspecified atom stereocenters. The molecule has 0 radical (unpaired) electrons. The zero-order valence-corrected chi connectivity index (χ0v) is 15.9. The number of nitrogens with zero attached hydrogens (tertiary/aromatic N) is 2. The van der Waals surface area contributed by atoms with Crippen LogP contribution in [-0.2, 0) is 4.79 Å². The van der Waals surface area contributed by atoms with Gasteiger partial charge in [-0.15, -0.1) is 0 Å². The quantitative estimate of drug-likeness (QED) is 0.838. The van der Waals surface area contributed by atoms with Gasteiger partial charge in [0.1, 0.15) is 5.82 Å². The van der Waals surface area contributed by atoms with Crippen LogP contribution >= 0.6 is 23.2 Å². The Morgan fingerprint density at radius 3 is 2.46 bits per heavy atom. The fourth-order valence-electron chi connectivity index (χ4n) is 3.06. The van der Waals surface area contributed by atoms with Crippen molar-refractivity contribution in [1.82, 2.24) is 4.90 Å². The Labute approximate surface area is 162 Å². The largest absolute Gasteiger partial charge is 0.367 e. The van der Waals surface area contributed by atoms with E-state index in [9.17, 15) is 9.18 Å². The SMILES string of the molecule is C[C@@H](C(=O)Nc1cccc(Cl)c1Cl)N1CCN(c2ccccc2F)CC1. The first-order valence-corrected chi connectivity index (χ1v) is 9.21. The van der Waals surface area contributed by atoms with Gasteiger partial charge in [0, 0.05) is 26.2 Å². The molecule has 1 fully saturated rings. The van der Waals surface area contributed by atoms with Crippen LogP contribution in [0.5, 0.6) is 0 Å². The van der Waals surface area contributed by atoms with E-state index in [1.54, 1.807) is 30.3 Å². The van der Waals surface area contributed by atoms with Gasteiger partial charge in [0.15, 0.2) is 0 Å². The molecule has 3 rings (SSSR count). The summed E-state index contributed by atoms with van der Waals surface area (Å²) in [6, 6.07) is 11.6. The minimum Gasteiger partial charge on any atom is -0.367 e. The van der Waals surface area contributed by atoms with E-state index in [0.717, 1.165) is 0 Å². The van der Waals surface area contributed by atoms with E-state index in [1.807, 2.05) is 17.9 Å². The number of halogens is 3. The molecule has 0 saturated carbocycles. The van der Waals surface area contributed by atoms with E-state index < -0.39 is 0 Å². The Morgan fingerprint density at radius 2 is 1.77 bits per heavy atom. The zero-order valence-electron chi connectivity index (χ0n) is 14.4. The molecule has 0 spiro atoms. The Morgan fingerprint density at radius 1 is 1.08 bits per heavy atom.